The van der Waals surface area contributed by atoms with Crippen molar-refractivity contribution >= 4 is 0 Å². The second-order valence-corrected chi connectivity index (χ2v) is 3.13. The first-order chi connectivity index (χ1) is 7.36. The maximum Gasteiger partial charge on any atom is 0.110 e. The van der Waals surface area contributed by atoms with Crippen molar-refractivity contribution in [1.29, 1.82) is 5.26 Å². The van der Waals surface area contributed by atoms with Crippen molar-refractivity contribution in [3.63, 3.8) is 0 Å². The number of pyridine rings is 1. The van der Waals surface area contributed by atoms with E-state index in [1.54, 1.807) is 12.4 Å². The van der Waals surface area contributed by atoms with Crippen LogP contribution in [0.1, 0.15) is 18.2 Å². The van der Waals surface area contributed by atoms with Gasteiger partial charge < -0.3 is 0 Å². The molecule has 2 aromatic heterocycles. The third-order valence-electron chi connectivity index (χ3n) is 2.26. The Kier molecular flexibility index (Phi) is 2.46. The van der Waals surface area contributed by atoms with E-state index in [1.165, 1.54) is 0 Å². The highest BCUT2D eigenvalue weighted by molar-refractivity contribution is 5.67. The summed E-state index contributed by atoms with van der Waals surface area (Å²) >= 11 is 0. The second-order valence-electron chi connectivity index (χ2n) is 3.13. The first-order valence-electron chi connectivity index (χ1n) is 4.74. The molecule has 0 aliphatic rings. The summed E-state index contributed by atoms with van der Waals surface area (Å²) in [4.78, 5) is 3.93. The fourth-order valence-electron chi connectivity index (χ4n) is 1.47. The molecule has 4 nitrogen and oxygen atoms in total. The van der Waals surface area contributed by atoms with Gasteiger partial charge in [0.2, 0.25) is 0 Å². The predicted molar refractivity (Wildman–Crippen MR) is 55.9 cm³/mol. The quantitative estimate of drug-likeness (QED) is 0.801. The highest BCUT2D eigenvalue weighted by Crippen LogP contribution is 2.22. The molecule has 0 fully saturated rings. The standard InChI is InChI=1S/C11H10N4/c1-2-10-9(7-12)11(15-14-10)8-3-5-13-6-4-8/h3-6H,2H2,1H3,(H,14,15). The minimum Gasteiger partial charge on any atom is -0.281 e. The molecule has 0 saturated carbocycles. The number of aromatic nitrogens is 3. The van der Waals surface area contributed by atoms with Crippen molar-refractivity contribution in [2.45, 2.75) is 13.3 Å². The summed E-state index contributed by atoms with van der Waals surface area (Å²) in [5, 5.41) is 16.1. The van der Waals surface area contributed by atoms with Crippen molar-refractivity contribution in [2.24, 2.45) is 0 Å². The van der Waals surface area contributed by atoms with E-state index >= 15 is 0 Å². The van der Waals surface area contributed by atoms with Gasteiger partial charge in [-0.1, -0.05) is 6.92 Å². The lowest BCUT2D eigenvalue weighted by Crippen LogP contribution is -1.85. The van der Waals surface area contributed by atoms with Crippen LogP contribution in [0.25, 0.3) is 11.3 Å². The Morgan fingerprint density at radius 3 is 2.73 bits per heavy atom. The largest absolute Gasteiger partial charge is 0.281 e. The van der Waals surface area contributed by atoms with Crippen molar-refractivity contribution in [1.82, 2.24) is 15.2 Å². The molecule has 0 bridgehead atoms. The summed E-state index contributed by atoms with van der Waals surface area (Å²) in [5.74, 6) is 0. The summed E-state index contributed by atoms with van der Waals surface area (Å²) in [6.07, 6.45) is 4.16. The lowest BCUT2D eigenvalue weighted by molar-refractivity contribution is 0.974. The zero-order chi connectivity index (χ0) is 10.7. The van der Waals surface area contributed by atoms with Gasteiger partial charge in [0.25, 0.3) is 0 Å². The number of rotatable bonds is 2. The topological polar surface area (TPSA) is 65.4 Å². The fourth-order valence-corrected chi connectivity index (χ4v) is 1.47. The summed E-state index contributed by atoms with van der Waals surface area (Å²) in [7, 11) is 0. The summed E-state index contributed by atoms with van der Waals surface area (Å²) in [5.41, 5.74) is 3.13. The van der Waals surface area contributed by atoms with Gasteiger partial charge in [0.1, 0.15) is 17.3 Å². The molecule has 0 amide bonds. The van der Waals surface area contributed by atoms with Crippen LogP contribution < -0.4 is 0 Å². The molecule has 0 unspecified atom stereocenters. The maximum absolute atomic E-state index is 9.05. The average Bonchev–Trinajstić information content (AvgIpc) is 2.72. The van der Waals surface area contributed by atoms with E-state index in [0.717, 1.165) is 17.7 Å². The van der Waals surface area contributed by atoms with Crippen LogP contribution in [0.15, 0.2) is 24.5 Å². The fraction of sp³-hybridized carbons (Fsp3) is 0.182. The minimum atomic E-state index is 0.628. The molecule has 0 spiro atoms. The Morgan fingerprint density at radius 1 is 1.40 bits per heavy atom. The number of H-pyrrole nitrogens is 1. The Hall–Kier alpha value is -2.15. The Balaban J connectivity index is 2.55. The van der Waals surface area contributed by atoms with E-state index in [2.05, 4.69) is 21.3 Å². The first-order valence-corrected chi connectivity index (χ1v) is 4.74. The highest BCUT2D eigenvalue weighted by Gasteiger charge is 2.12. The number of aromatic amines is 1. The van der Waals surface area contributed by atoms with Gasteiger partial charge in [0.15, 0.2) is 0 Å². The smallest absolute Gasteiger partial charge is 0.110 e. The Labute approximate surface area is 87.6 Å². The zero-order valence-electron chi connectivity index (χ0n) is 8.36. The monoisotopic (exact) mass is 198 g/mol. The van der Waals surface area contributed by atoms with Gasteiger partial charge in [-0.2, -0.15) is 10.4 Å². The van der Waals surface area contributed by atoms with Gasteiger partial charge in [-0.3, -0.25) is 10.1 Å². The van der Waals surface area contributed by atoms with Crippen molar-refractivity contribution < 1.29 is 0 Å². The van der Waals surface area contributed by atoms with E-state index in [-0.39, 0.29) is 0 Å². The number of nitrogens with one attached hydrogen (secondary N) is 1. The molecule has 0 aliphatic carbocycles. The van der Waals surface area contributed by atoms with E-state index in [1.807, 2.05) is 19.1 Å². The van der Waals surface area contributed by atoms with Gasteiger partial charge >= 0.3 is 0 Å². The van der Waals surface area contributed by atoms with Gasteiger partial charge in [0, 0.05) is 18.0 Å². The minimum absolute atomic E-state index is 0.628. The summed E-state index contributed by atoms with van der Waals surface area (Å²) in [6.45, 7) is 1.99. The van der Waals surface area contributed by atoms with Crippen LogP contribution in [-0.4, -0.2) is 15.2 Å². The number of hydrogen-bond acceptors (Lipinski definition) is 3. The molecule has 15 heavy (non-hydrogen) atoms. The van der Waals surface area contributed by atoms with Gasteiger partial charge in [-0.05, 0) is 18.6 Å². The van der Waals surface area contributed by atoms with E-state index in [0.29, 0.717) is 11.3 Å². The number of hydrogen-bond donors (Lipinski definition) is 1. The SMILES string of the molecule is CCc1[nH]nc(-c2ccncc2)c1C#N. The Bertz CT molecular complexity index is 493. The van der Waals surface area contributed by atoms with E-state index in [4.69, 9.17) is 5.26 Å². The molecular formula is C11H10N4. The molecule has 2 heterocycles. The third kappa shape index (κ3) is 1.59. The normalized spacial score (nSPS) is 9.87. The molecule has 0 aliphatic heterocycles. The molecule has 0 saturated heterocycles. The van der Waals surface area contributed by atoms with Crippen LogP contribution in [0.2, 0.25) is 0 Å². The number of nitriles is 1. The molecule has 74 valence electrons. The van der Waals surface area contributed by atoms with Gasteiger partial charge in [0.05, 0.1) is 5.69 Å². The molecule has 2 rings (SSSR count). The van der Waals surface area contributed by atoms with Gasteiger partial charge in [-0.15, -0.1) is 0 Å². The average molecular weight is 198 g/mol. The summed E-state index contributed by atoms with van der Waals surface area (Å²) in [6, 6.07) is 5.87. The molecule has 0 radical (unpaired) electrons. The van der Waals surface area contributed by atoms with Crippen molar-refractivity contribution in [3.8, 4) is 17.3 Å². The molecule has 1 N–H and O–H groups in total. The zero-order valence-corrected chi connectivity index (χ0v) is 8.36. The van der Waals surface area contributed by atoms with Crippen LogP contribution in [-0.2, 0) is 6.42 Å². The van der Waals surface area contributed by atoms with Crippen molar-refractivity contribution in [2.75, 3.05) is 0 Å². The highest BCUT2D eigenvalue weighted by atomic mass is 15.1. The molecular weight excluding hydrogens is 188 g/mol. The molecule has 0 atom stereocenters. The van der Waals surface area contributed by atoms with Crippen LogP contribution >= 0.6 is 0 Å². The number of nitrogens with zero attached hydrogens (tertiary/aromatic N) is 3. The van der Waals surface area contributed by atoms with Crippen LogP contribution in [0.4, 0.5) is 0 Å². The second kappa shape index (κ2) is 3.93. The summed E-state index contributed by atoms with van der Waals surface area (Å²) < 4.78 is 0. The van der Waals surface area contributed by atoms with Crippen LogP contribution in [0.3, 0.4) is 0 Å². The first kappa shape index (κ1) is 9.41. The Morgan fingerprint density at radius 2 is 2.13 bits per heavy atom. The van der Waals surface area contributed by atoms with Gasteiger partial charge in [-0.25, -0.2) is 0 Å². The lowest BCUT2D eigenvalue weighted by Gasteiger charge is -1.95. The molecule has 0 aromatic carbocycles. The lowest BCUT2D eigenvalue weighted by atomic mass is 10.1. The van der Waals surface area contributed by atoms with E-state index in [9.17, 15) is 0 Å². The number of aryl methyl sites for hydroxylation is 1. The van der Waals surface area contributed by atoms with Crippen LogP contribution in [0, 0.1) is 11.3 Å². The maximum atomic E-state index is 9.05. The van der Waals surface area contributed by atoms with E-state index < -0.39 is 0 Å². The molecule has 4 heteroatoms. The molecule has 2 aromatic rings. The van der Waals surface area contributed by atoms with Crippen molar-refractivity contribution in [3.05, 3.63) is 35.8 Å². The predicted octanol–water partition coefficient (Wildman–Crippen LogP) is 1.91. The third-order valence-corrected chi connectivity index (χ3v) is 2.26. The van der Waals surface area contributed by atoms with Crippen LogP contribution in [0.5, 0.6) is 0 Å².